The van der Waals surface area contributed by atoms with Crippen LogP contribution in [0.25, 0.3) is 89.0 Å². The summed E-state index contributed by atoms with van der Waals surface area (Å²) < 4.78 is 35.4. The van der Waals surface area contributed by atoms with Crippen LogP contribution in [0.3, 0.4) is 0 Å². The lowest BCUT2D eigenvalue weighted by atomic mass is 9.70. The molecule has 17 aromatic carbocycles. The van der Waals surface area contributed by atoms with E-state index in [2.05, 4.69) is 407 Å². The molecule has 9 heteroatoms. The Bertz CT molecular complexity index is 8120. The highest BCUT2D eigenvalue weighted by Gasteiger charge is 2.57. The lowest BCUT2D eigenvalue weighted by Crippen LogP contribution is -2.26. The molecule has 3 spiro atoms. The second-order valence-corrected chi connectivity index (χ2v) is 40.2. The summed E-state index contributed by atoms with van der Waals surface area (Å²) in [5.41, 5.74) is 64.2. The van der Waals surface area contributed by atoms with Crippen molar-refractivity contribution in [1.82, 2.24) is 0 Å². The first-order chi connectivity index (χ1) is 68.0. The molecule has 0 saturated carbocycles. The maximum Gasteiger partial charge on any atom is 0.161 e. The zero-order chi connectivity index (χ0) is 98.6. The third-order valence-corrected chi connectivity index (χ3v) is 32.2. The average molecular weight is 1850 g/mol. The summed E-state index contributed by atoms with van der Waals surface area (Å²) >= 11 is 0. The predicted molar refractivity (Wildman–Crippen MR) is 587 cm³/mol. The molecule has 0 fully saturated rings. The molecule has 0 aromatic heterocycles. The Balaban J connectivity index is 0.000000126. The van der Waals surface area contributed by atoms with Crippen LogP contribution in [0, 0.1) is 104 Å². The zero-order valence-corrected chi connectivity index (χ0v) is 86.0. The Kier molecular flexibility index (Phi) is 23.2. The number of aryl methyl sites for hydroxylation is 18. The SMILES string of the molecule is CCc1ccc2c(c1)C1(c3cc(Nc4cc(C)c(C)cc4C)ccc3-c3cc(C)c(C)cc31)c1cc(OC)c(OC)cc1-2.CCc1ccc2c(c1)C1(c3cc(Nc4ccc(-c5ccc(C)c(C)c5)cc4C)ccc3-c3cc(C)c(C)cc31)c1cc(OC)c(OC)cc1-2.CCc1ccc2c(c1)C1(c3cc(Nc4ccc(-c5ccc(C)cc5C)c(C)c4)ccc3-c3cc(C)c(C)cc31)c1cc(OC)c(OC)cc1-2. The van der Waals surface area contributed by atoms with E-state index in [1.807, 2.05) is 0 Å². The topological polar surface area (TPSA) is 91.5 Å². The van der Waals surface area contributed by atoms with Gasteiger partial charge in [0.15, 0.2) is 34.5 Å². The first-order valence-corrected chi connectivity index (χ1v) is 49.8. The van der Waals surface area contributed by atoms with Crippen molar-refractivity contribution >= 4 is 34.1 Å². The molecule has 0 saturated heterocycles. The molecule has 141 heavy (non-hydrogen) atoms. The number of hydrogen-bond acceptors (Lipinski definition) is 9. The molecular weight excluding hydrogens is 1720 g/mol. The van der Waals surface area contributed by atoms with Crippen molar-refractivity contribution in [3.05, 3.63) is 434 Å². The van der Waals surface area contributed by atoms with Crippen LogP contribution in [0.15, 0.2) is 267 Å². The second kappa shape index (κ2) is 35.4. The van der Waals surface area contributed by atoms with Gasteiger partial charge in [0.2, 0.25) is 0 Å². The van der Waals surface area contributed by atoms with Gasteiger partial charge in [-0.05, 0) is 477 Å². The number of fused-ring (bicyclic) bond motifs is 30. The molecule has 0 amide bonds. The van der Waals surface area contributed by atoms with Gasteiger partial charge in [-0.25, -0.2) is 0 Å². The minimum atomic E-state index is -0.502. The normalized spacial score (nSPS) is 15.3. The summed E-state index contributed by atoms with van der Waals surface area (Å²) in [4.78, 5) is 0. The van der Waals surface area contributed by atoms with E-state index in [9.17, 15) is 0 Å². The average Bonchev–Trinajstić information content (AvgIpc) is 1.52. The number of anilines is 6. The summed E-state index contributed by atoms with van der Waals surface area (Å²) in [5.74, 6) is 4.49. The molecule has 23 rings (SSSR count). The molecule has 3 atom stereocenters. The van der Waals surface area contributed by atoms with Gasteiger partial charge in [0.25, 0.3) is 0 Å². The van der Waals surface area contributed by atoms with Crippen molar-refractivity contribution in [2.45, 2.75) is 160 Å². The van der Waals surface area contributed by atoms with E-state index < -0.39 is 16.2 Å². The fourth-order valence-electron chi connectivity index (χ4n) is 24.1. The number of benzene rings is 17. The van der Waals surface area contributed by atoms with Crippen LogP contribution in [0.4, 0.5) is 34.1 Å². The van der Waals surface area contributed by atoms with E-state index in [0.29, 0.717) is 0 Å². The summed E-state index contributed by atoms with van der Waals surface area (Å²) in [7, 11) is 10.3. The highest BCUT2D eigenvalue weighted by atomic mass is 16.5. The van der Waals surface area contributed by atoms with Gasteiger partial charge in [-0.15, -0.1) is 0 Å². The summed E-state index contributed by atoms with van der Waals surface area (Å²) in [5, 5.41) is 11.4. The van der Waals surface area contributed by atoms with Gasteiger partial charge in [0.05, 0.1) is 58.9 Å². The Labute approximate surface area is 833 Å². The second-order valence-electron chi connectivity index (χ2n) is 40.2. The summed E-state index contributed by atoms with van der Waals surface area (Å²) in [6.07, 6.45) is 2.92. The Morgan fingerprint density at radius 1 is 0.177 bits per heavy atom. The van der Waals surface area contributed by atoms with Crippen molar-refractivity contribution in [3.63, 3.8) is 0 Å². The highest BCUT2D eigenvalue weighted by molar-refractivity contribution is 6.02. The van der Waals surface area contributed by atoms with Crippen LogP contribution in [0.1, 0.15) is 188 Å². The van der Waals surface area contributed by atoms with E-state index in [1.165, 1.54) is 256 Å². The third-order valence-electron chi connectivity index (χ3n) is 32.2. The molecular formula is C132H125N3O6. The molecule has 0 radical (unpaired) electrons. The number of ether oxygens (including phenoxy) is 6. The monoisotopic (exact) mass is 1850 g/mol. The summed E-state index contributed by atoms with van der Waals surface area (Å²) in [6, 6.07) is 101. The Hall–Kier alpha value is -15.1. The lowest BCUT2D eigenvalue weighted by Gasteiger charge is -2.32. The van der Waals surface area contributed by atoms with Gasteiger partial charge in [0, 0.05) is 34.1 Å². The predicted octanol–water partition coefficient (Wildman–Crippen LogP) is 33.0. The van der Waals surface area contributed by atoms with Crippen LogP contribution in [0.2, 0.25) is 0 Å². The maximum atomic E-state index is 5.96. The molecule has 17 aromatic rings. The molecule has 0 aliphatic heterocycles. The van der Waals surface area contributed by atoms with Crippen molar-refractivity contribution in [3.8, 4) is 124 Å². The fourth-order valence-corrected chi connectivity index (χ4v) is 24.1. The number of hydrogen-bond donors (Lipinski definition) is 3. The van der Waals surface area contributed by atoms with E-state index in [0.717, 1.165) is 87.9 Å². The number of nitrogens with one attached hydrogen (secondary N) is 3. The van der Waals surface area contributed by atoms with E-state index in [4.69, 9.17) is 28.4 Å². The highest BCUT2D eigenvalue weighted by Crippen LogP contribution is 2.69. The van der Waals surface area contributed by atoms with Gasteiger partial charge < -0.3 is 44.4 Å². The number of methoxy groups -OCH3 is 6. The van der Waals surface area contributed by atoms with Gasteiger partial charge in [-0.3, -0.25) is 0 Å². The first kappa shape index (κ1) is 92.3. The Morgan fingerprint density at radius 3 is 0.809 bits per heavy atom. The standard InChI is InChI=1S/2C46H43NO2.C40H39NO2/c1-9-31-11-15-36-39-24-44(48-7)45(49-8)25-43(39)46(41(36)22-31)40-21-28(4)27(3)20-38(40)37-17-13-33(23-42(37)46)47-32-12-16-35(30(6)19-32)34-14-10-26(2)18-29(34)5;1-9-31-11-15-35-38-24-44(48-7)45(49-8)25-42(38)46(40(35)22-31)39-21-29(5)28(4)20-37(39)36-16-14-34(23-41(36)46)47-43-17-13-33(19-30(43)6)32-12-10-26(2)27(3)18-32;1-9-27-10-12-29-32-20-38(42-7)39(43-8)21-36(32)40(34(29)18-27)33-16-24(4)23(3)15-31(33)30-13-11-28(19-35(30)40)41-37-17-25(5)22(2)14-26(37)6/h2*10-25,47H,9H2,1-8H3;10-21,41H,9H2,1-8H3. The molecule has 0 heterocycles. The maximum absolute atomic E-state index is 5.96. The van der Waals surface area contributed by atoms with Gasteiger partial charge in [-0.2, -0.15) is 0 Å². The largest absolute Gasteiger partial charge is 0.493 e. The number of rotatable bonds is 17. The van der Waals surface area contributed by atoms with Crippen molar-refractivity contribution < 1.29 is 28.4 Å². The van der Waals surface area contributed by atoms with Crippen molar-refractivity contribution in [2.75, 3.05) is 58.6 Å². The van der Waals surface area contributed by atoms with Crippen LogP contribution >= 0.6 is 0 Å². The van der Waals surface area contributed by atoms with Crippen LogP contribution in [0.5, 0.6) is 34.5 Å². The van der Waals surface area contributed by atoms with Crippen LogP contribution in [-0.4, -0.2) is 42.7 Å². The van der Waals surface area contributed by atoms with E-state index >= 15 is 0 Å². The minimum absolute atomic E-state index is 0.478. The molecule has 704 valence electrons. The van der Waals surface area contributed by atoms with Crippen LogP contribution < -0.4 is 44.4 Å². The molecule has 9 nitrogen and oxygen atoms in total. The van der Waals surface area contributed by atoms with Crippen molar-refractivity contribution in [1.29, 1.82) is 0 Å². The zero-order valence-electron chi connectivity index (χ0n) is 86.0. The lowest BCUT2D eigenvalue weighted by molar-refractivity contribution is 0.354. The summed E-state index contributed by atoms with van der Waals surface area (Å²) in [6.45, 7) is 39.7. The molecule has 3 unspecified atom stereocenters. The fraction of sp³-hybridized carbons (Fsp3) is 0.227. The van der Waals surface area contributed by atoms with Gasteiger partial charge in [-0.1, -0.05) is 190 Å². The minimum Gasteiger partial charge on any atom is -0.493 e. The van der Waals surface area contributed by atoms with Crippen molar-refractivity contribution in [2.24, 2.45) is 0 Å². The smallest absolute Gasteiger partial charge is 0.161 e. The van der Waals surface area contributed by atoms with Gasteiger partial charge >= 0.3 is 0 Å². The molecule has 6 aliphatic rings. The Morgan fingerprint density at radius 2 is 0.447 bits per heavy atom. The quantitative estimate of drug-likeness (QED) is 0.0825. The van der Waals surface area contributed by atoms with E-state index in [1.54, 1.807) is 42.7 Å². The molecule has 3 N–H and O–H groups in total. The van der Waals surface area contributed by atoms with E-state index in [-0.39, 0.29) is 0 Å². The molecule has 6 aliphatic carbocycles. The molecule has 0 bridgehead atoms. The van der Waals surface area contributed by atoms with Crippen LogP contribution in [-0.2, 0) is 35.5 Å². The van der Waals surface area contributed by atoms with Gasteiger partial charge in [0.1, 0.15) is 0 Å². The first-order valence-electron chi connectivity index (χ1n) is 49.8. The third kappa shape index (κ3) is 14.5.